The van der Waals surface area contributed by atoms with Crippen LogP contribution in [0.4, 0.5) is 15.9 Å². The van der Waals surface area contributed by atoms with Gasteiger partial charge in [0.2, 0.25) is 11.7 Å². The normalized spacial score (nSPS) is 10.7. The van der Waals surface area contributed by atoms with Gasteiger partial charge in [0, 0.05) is 62.4 Å². The Balaban J connectivity index is 1.77. The average molecular weight is 575 g/mol. The summed E-state index contributed by atoms with van der Waals surface area (Å²) in [5.41, 5.74) is 3.41. The van der Waals surface area contributed by atoms with E-state index in [9.17, 15) is 14.0 Å². The van der Waals surface area contributed by atoms with Gasteiger partial charge in [-0.1, -0.05) is 12.1 Å². The molecule has 42 heavy (non-hydrogen) atoms. The summed E-state index contributed by atoms with van der Waals surface area (Å²) in [6, 6.07) is 16.8. The van der Waals surface area contributed by atoms with Gasteiger partial charge in [-0.05, 0) is 54.4 Å². The van der Waals surface area contributed by atoms with Crippen molar-refractivity contribution in [1.82, 2.24) is 9.88 Å². The van der Waals surface area contributed by atoms with Crippen molar-refractivity contribution < 1.29 is 28.2 Å². The molecule has 0 aliphatic carbocycles. The van der Waals surface area contributed by atoms with Crippen LogP contribution >= 0.6 is 0 Å². The Morgan fingerprint density at radius 2 is 1.57 bits per heavy atom. The second-order valence-corrected chi connectivity index (χ2v) is 9.94. The summed E-state index contributed by atoms with van der Waals surface area (Å²) in [6.07, 6.45) is 0.517. The monoisotopic (exact) mass is 574 g/mol. The Morgan fingerprint density at radius 3 is 2.14 bits per heavy atom. The highest BCUT2D eigenvalue weighted by atomic mass is 19.1. The van der Waals surface area contributed by atoms with Gasteiger partial charge in [0.15, 0.2) is 11.5 Å². The summed E-state index contributed by atoms with van der Waals surface area (Å²) in [5.74, 6) is 1.38. The Bertz CT molecular complexity index is 1570. The van der Waals surface area contributed by atoms with Gasteiger partial charge in [-0.2, -0.15) is 0 Å². The van der Waals surface area contributed by atoms with E-state index in [1.165, 1.54) is 19.1 Å². The fourth-order valence-electron chi connectivity index (χ4n) is 4.78. The molecule has 4 aromatic rings. The van der Waals surface area contributed by atoms with Gasteiger partial charge in [-0.15, -0.1) is 0 Å². The van der Waals surface area contributed by atoms with Gasteiger partial charge in [0.1, 0.15) is 11.6 Å². The summed E-state index contributed by atoms with van der Waals surface area (Å²) >= 11 is 0. The van der Waals surface area contributed by atoms with E-state index in [1.54, 1.807) is 68.7 Å². The van der Waals surface area contributed by atoms with Gasteiger partial charge in [0.25, 0.3) is 5.91 Å². The molecule has 0 radical (unpaired) electrons. The molecule has 1 heterocycles. The smallest absolute Gasteiger partial charge is 0.254 e. The van der Waals surface area contributed by atoms with Gasteiger partial charge in [-0.25, -0.2) is 9.37 Å². The molecule has 0 bridgehead atoms. The molecule has 0 spiro atoms. The number of nitrogens with one attached hydrogen (secondary N) is 1. The van der Waals surface area contributed by atoms with Crippen LogP contribution in [0, 0.1) is 5.82 Å². The number of hydrogen-bond donors (Lipinski definition) is 1. The minimum Gasteiger partial charge on any atom is -0.493 e. The minimum absolute atomic E-state index is 0.195. The molecule has 0 saturated heterocycles. The number of rotatable bonds is 11. The molecule has 1 aromatic heterocycles. The van der Waals surface area contributed by atoms with Crippen molar-refractivity contribution in [1.29, 1.82) is 0 Å². The van der Waals surface area contributed by atoms with Crippen LogP contribution in [0.5, 0.6) is 17.2 Å². The number of halogens is 1. The van der Waals surface area contributed by atoms with E-state index < -0.39 is 0 Å². The number of pyridine rings is 1. The largest absolute Gasteiger partial charge is 0.493 e. The molecule has 9 nitrogen and oxygen atoms in total. The standard InChI is InChI=1S/C32H35FN4O5/c1-20(38)34-25-13-9-22(10-14-25)32(39)37(16-15-21-7-11-24(33)12-8-21)19-23-17-26-27(35-31(23)36(2)3)18-28(40-4)30(42-6)29(26)41-5/h7-14,17-18H,15-16,19H2,1-6H3,(H,34,38). The van der Waals surface area contributed by atoms with E-state index >= 15 is 0 Å². The van der Waals surface area contributed by atoms with Crippen molar-refractivity contribution in [3.63, 3.8) is 0 Å². The number of carbonyl (C=O) groups excluding carboxylic acids is 2. The molecule has 0 aliphatic heterocycles. The number of nitrogens with zero attached hydrogens (tertiary/aromatic N) is 3. The Morgan fingerprint density at radius 1 is 0.905 bits per heavy atom. The van der Waals surface area contributed by atoms with Crippen molar-refractivity contribution in [2.75, 3.05) is 52.2 Å². The molecule has 0 saturated carbocycles. The fraction of sp³-hybridized carbons (Fsp3) is 0.281. The summed E-state index contributed by atoms with van der Waals surface area (Å²) in [4.78, 5) is 33.9. The number of amides is 2. The van der Waals surface area contributed by atoms with Crippen LogP contribution in [0.15, 0.2) is 60.7 Å². The minimum atomic E-state index is -0.315. The lowest BCUT2D eigenvalue weighted by atomic mass is 10.1. The quantitative estimate of drug-likeness (QED) is 0.260. The number of carbonyl (C=O) groups is 2. The molecule has 0 fully saturated rings. The van der Waals surface area contributed by atoms with Crippen molar-refractivity contribution in [3.8, 4) is 17.2 Å². The summed E-state index contributed by atoms with van der Waals surface area (Å²) < 4.78 is 30.3. The van der Waals surface area contributed by atoms with Gasteiger partial charge >= 0.3 is 0 Å². The molecule has 1 N–H and O–H groups in total. The average Bonchev–Trinajstić information content (AvgIpc) is 2.98. The van der Waals surface area contributed by atoms with E-state index in [2.05, 4.69) is 5.32 Å². The molecular formula is C32H35FN4O5. The van der Waals surface area contributed by atoms with Crippen molar-refractivity contribution >= 4 is 34.2 Å². The number of ether oxygens (including phenoxy) is 3. The molecule has 10 heteroatoms. The topological polar surface area (TPSA) is 93.2 Å². The highest BCUT2D eigenvalue weighted by Gasteiger charge is 2.23. The summed E-state index contributed by atoms with van der Waals surface area (Å²) in [7, 11) is 8.43. The van der Waals surface area contributed by atoms with Crippen LogP contribution in [0.2, 0.25) is 0 Å². The Kier molecular flexibility index (Phi) is 9.46. The predicted octanol–water partition coefficient (Wildman–Crippen LogP) is 5.31. The molecule has 0 unspecified atom stereocenters. The van der Waals surface area contributed by atoms with Crippen LogP contribution in [-0.4, -0.2) is 63.7 Å². The van der Waals surface area contributed by atoms with E-state index in [1.807, 2.05) is 25.1 Å². The molecule has 4 rings (SSSR count). The van der Waals surface area contributed by atoms with E-state index in [0.717, 1.165) is 11.1 Å². The summed E-state index contributed by atoms with van der Waals surface area (Å²) in [5, 5.41) is 3.43. The van der Waals surface area contributed by atoms with Crippen molar-refractivity contribution in [2.45, 2.75) is 19.9 Å². The van der Waals surface area contributed by atoms with Crippen LogP contribution in [0.1, 0.15) is 28.4 Å². The van der Waals surface area contributed by atoms with Crippen molar-refractivity contribution in [3.05, 3.63) is 83.2 Å². The zero-order valence-electron chi connectivity index (χ0n) is 24.7. The molecule has 220 valence electrons. The third-order valence-electron chi connectivity index (χ3n) is 6.79. The second-order valence-electron chi connectivity index (χ2n) is 9.94. The first-order valence-corrected chi connectivity index (χ1v) is 13.4. The zero-order chi connectivity index (χ0) is 30.4. The maximum atomic E-state index is 13.9. The number of anilines is 2. The molecule has 2 amide bonds. The Hall–Kier alpha value is -4.86. The van der Waals surface area contributed by atoms with Crippen LogP contribution in [0.25, 0.3) is 10.9 Å². The predicted molar refractivity (Wildman–Crippen MR) is 161 cm³/mol. The first kappa shape index (κ1) is 30.1. The highest BCUT2D eigenvalue weighted by Crippen LogP contribution is 2.44. The maximum Gasteiger partial charge on any atom is 0.254 e. The fourth-order valence-corrected chi connectivity index (χ4v) is 4.78. The lowest BCUT2D eigenvalue weighted by Crippen LogP contribution is -2.33. The third kappa shape index (κ3) is 6.71. The van der Waals surface area contributed by atoms with Crippen molar-refractivity contribution in [2.24, 2.45) is 0 Å². The number of benzene rings is 3. The lowest BCUT2D eigenvalue weighted by Gasteiger charge is -2.26. The third-order valence-corrected chi connectivity index (χ3v) is 6.79. The van der Waals surface area contributed by atoms with Gasteiger partial charge in [0.05, 0.1) is 26.8 Å². The van der Waals surface area contributed by atoms with Gasteiger partial charge in [-0.3, -0.25) is 9.59 Å². The van der Waals surface area contributed by atoms with E-state index in [4.69, 9.17) is 19.2 Å². The SMILES string of the molecule is COc1cc2nc(N(C)C)c(CN(CCc3ccc(F)cc3)C(=O)c3ccc(NC(C)=O)cc3)cc2c(OC)c1OC. The molecule has 3 aromatic carbocycles. The van der Waals surface area contributed by atoms with Gasteiger partial charge < -0.3 is 29.3 Å². The highest BCUT2D eigenvalue weighted by molar-refractivity contribution is 5.96. The first-order valence-electron chi connectivity index (χ1n) is 13.4. The van der Waals surface area contributed by atoms with E-state index in [0.29, 0.717) is 58.2 Å². The second kappa shape index (κ2) is 13.2. The molecule has 0 atom stereocenters. The number of aromatic nitrogens is 1. The number of methoxy groups -OCH3 is 3. The van der Waals surface area contributed by atoms with Crippen LogP contribution < -0.4 is 24.4 Å². The molecular weight excluding hydrogens is 539 g/mol. The van der Waals surface area contributed by atoms with Crippen LogP contribution in [0.3, 0.4) is 0 Å². The molecule has 0 aliphatic rings. The summed E-state index contributed by atoms with van der Waals surface area (Å²) in [6.45, 7) is 2.03. The lowest BCUT2D eigenvalue weighted by molar-refractivity contribution is -0.114. The number of hydrogen-bond acceptors (Lipinski definition) is 7. The Labute approximate surface area is 244 Å². The number of fused-ring (bicyclic) bond motifs is 1. The first-order chi connectivity index (χ1) is 20.1. The maximum absolute atomic E-state index is 13.9. The van der Waals surface area contributed by atoms with E-state index in [-0.39, 0.29) is 24.2 Å². The van der Waals surface area contributed by atoms with Crippen LogP contribution in [-0.2, 0) is 17.8 Å². The zero-order valence-corrected chi connectivity index (χ0v) is 24.7.